The van der Waals surface area contributed by atoms with E-state index in [1.54, 1.807) is 26.0 Å². The average molecular weight is 632 g/mol. The summed E-state index contributed by atoms with van der Waals surface area (Å²) in [5, 5.41) is 11.5. The number of carbonyl (C=O) groups is 2. The van der Waals surface area contributed by atoms with Gasteiger partial charge in [-0.05, 0) is 82.8 Å². The van der Waals surface area contributed by atoms with Crippen LogP contribution in [-0.4, -0.2) is 46.0 Å². The largest absolute Gasteiger partial charge is 0.303 e. The third-order valence-electron chi connectivity index (χ3n) is 9.78. The van der Waals surface area contributed by atoms with E-state index in [1.807, 2.05) is 0 Å². The molecule has 0 atom stereocenters. The first-order valence-corrected chi connectivity index (χ1v) is 16.8. The van der Waals surface area contributed by atoms with Crippen LogP contribution in [-0.2, 0) is 5.41 Å². The van der Waals surface area contributed by atoms with Crippen LogP contribution in [0.25, 0.3) is 11.1 Å². The van der Waals surface area contributed by atoms with Gasteiger partial charge in [-0.1, -0.05) is 92.1 Å². The van der Waals surface area contributed by atoms with Crippen LogP contribution in [0.15, 0.2) is 84.9 Å². The summed E-state index contributed by atoms with van der Waals surface area (Å²) in [5.74, 6) is -0.294. The molecule has 1 aliphatic heterocycles. The Morgan fingerprint density at radius 3 is 1.96 bits per heavy atom. The number of nitro benzene ring substituents is 1. The molecule has 0 N–H and O–H groups in total. The van der Waals surface area contributed by atoms with Crippen molar-refractivity contribution in [2.45, 2.75) is 77.6 Å². The van der Waals surface area contributed by atoms with Gasteiger partial charge in [0.15, 0.2) is 11.6 Å². The molecule has 0 spiro atoms. The lowest BCUT2D eigenvalue weighted by Crippen LogP contribution is -2.43. The van der Waals surface area contributed by atoms with Crippen LogP contribution >= 0.6 is 0 Å². The summed E-state index contributed by atoms with van der Waals surface area (Å²) in [6, 6.07) is 28.1. The number of nitrogens with zero attached hydrogens (tertiary/aromatic N) is 3. The highest BCUT2D eigenvalue weighted by Gasteiger charge is 2.37. The molecule has 0 radical (unpaired) electrons. The van der Waals surface area contributed by atoms with Gasteiger partial charge in [0.05, 0.1) is 4.92 Å². The number of piperidine rings is 1. The van der Waals surface area contributed by atoms with Gasteiger partial charge >= 0.3 is 0 Å². The van der Waals surface area contributed by atoms with Crippen LogP contribution in [0.5, 0.6) is 0 Å². The van der Waals surface area contributed by atoms with Crippen molar-refractivity contribution in [3.8, 4) is 11.1 Å². The maximum Gasteiger partial charge on any atom is 0.270 e. The van der Waals surface area contributed by atoms with Crippen molar-refractivity contribution in [1.82, 2.24) is 9.88 Å². The molecule has 0 bridgehead atoms. The summed E-state index contributed by atoms with van der Waals surface area (Å²) < 4.78 is 0. The Hall–Kier alpha value is -4.49. The number of unbranched alkanes of at least 4 members (excludes halogenated alkanes) is 4. The average Bonchev–Trinajstić information content (AvgIpc) is 3.08. The number of likely N-dealkylation sites (tertiary alicyclic amines) is 1. The minimum absolute atomic E-state index is 0.0666. The number of rotatable bonds is 14. The molecule has 5 rings (SSSR count). The summed E-state index contributed by atoms with van der Waals surface area (Å²) in [4.78, 5) is 44.5. The van der Waals surface area contributed by atoms with E-state index in [4.69, 9.17) is 0 Å². The molecule has 1 fully saturated rings. The molecule has 4 aromatic rings. The Morgan fingerprint density at radius 2 is 1.36 bits per heavy atom. The summed E-state index contributed by atoms with van der Waals surface area (Å²) in [7, 11) is 0. The topological polar surface area (TPSA) is 93.4 Å². The lowest BCUT2D eigenvalue weighted by atomic mass is 9.68. The zero-order valence-corrected chi connectivity index (χ0v) is 27.8. The second-order valence-corrected chi connectivity index (χ2v) is 12.9. The summed E-state index contributed by atoms with van der Waals surface area (Å²) in [6.07, 6.45) is 7.57. The molecule has 0 amide bonds. The second kappa shape index (κ2) is 15.4. The zero-order valence-electron chi connectivity index (χ0n) is 27.8. The van der Waals surface area contributed by atoms with Crippen molar-refractivity contribution < 1.29 is 14.5 Å². The van der Waals surface area contributed by atoms with E-state index >= 15 is 0 Å². The smallest absolute Gasteiger partial charge is 0.270 e. The number of pyridine rings is 1. The highest BCUT2D eigenvalue weighted by Crippen LogP contribution is 2.42. The molecule has 0 saturated carbocycles. The Labute approximate surface area is 278 Å². The number of aryl methyl sites for hydroxylation is 2. The van der Waals surface area contributed by atoms with Gasteiger partial charge in [0, 0.05) is 52.0 Å². The number of nitro groups is 1. The van der Waals surface area contributed by atoms with Gasteiger partial charge < -0.3 is 4.90 Å². The van der Waals surface area contributed by atoms with Gasteiger partial charge in [-0.2, -0.15) is 0 Å². The SMILES string of the molecule is CC(=O)c1c(C)nc(C)c(C(=O)CCCCCCCN2CCC(c3ccccc3)(c3ccccc3)CC2)c1-c1cccc([N+](=O)[O-])c1. The molecule has 1 aromatic heterocycles. The maximum atomic E-state index is 13.6. The molecule has 7 nitrogen and oxygen atoms in total. The van der Waals surface area contributed by atoms with E-state index in [9.17, 15) is 19.7 Å². The molecular weight excluding hydrogens is 586 g/mol. The lowest BCUT2D eigenvalue weighted by molar-refractivity contribution is -0.384. The summed E-state index contributed by atoms with van der Waals surface area (Å²) in [6.45, 7) is 8.21. The van der Waals surface area contributed by atoms with Gasteiger partial charge in [-0.25, -0.2) is 0 Å². The molecule has 3 aromatic carbocycles. The first-order chi connectivity index (χ1) is 22.7. The molecular formula is C40H45N3O4. The monoisotopic (exact) mass is 631 g/mol. The lowest BCUT2D eigenvalue weighted by Gasteiger charge is -2.43. The van der Waals surface area contributed by atoms with E-state index in [0.717, 1.165) is 64.6 Å². The number of non-ortho nitro benzene ring substituents is 1. The molecule has 0 aliphatic carbocycles. The van der Waals surface area contributed by atoms with E-state index < -0.39 is 4.92 Å². The van der Waals surface area contributed by atoms with E-state index in [0.29, 0.717) is 40.1 Å². The number of aromatic nitrogens is 1. The van der Waals surface area contributed by atoms with Gasteiger partial charge in [0.2, 0.25) is 0 Å². The van der Waals surface area contributed by atoms with Gasteiger partial charge in [0.25, 0.3) is 5.69 Å². The minimum atomic E-state index is -0.465. The van der Waals surface area contributed by atoms with Crippen LogP contribution in [0.4, 0.5) is 5.69 Å². The number of hydrogen-bond donors (Lipinski definition) is 0. The second-order valence-electron chi connectivity index (χ2n) is 12.9. The molecule has 244 valence electrons. The summed E-state index contributed by atoms with van der Waals surface area (Å²) in [5.41, 5.74) is 5.56. The molecule has 7 heteroatoms. The predicted molar refractivity (Wildman–Crippen MR) is 187 cm³/mol. The highest BCUT2D eigenvalue weighted by atomic mass is 16.6. The standard InChI is InChI=1S/C40H45N3O4/c1-29-37(31(3)44)39(32-16-15-21-35(28-32)43(46)47)38(30(2)41-29)36(45)22-13-5-4-6-14-25-42-26-23-40(24-27-42,33-17-9-7-10-18-33)34-19-11-8-12-20-34/h7-12,15-21,28H,4-6,13-14,22-27H2,1-3H3. The van der Waals surface area contributed by atoms with Crippen molar-refractivity contribution >= 4 is 17.3 Å². The van der Waals surface area contributed by atoms with Crippen LogP contribution < -0.4 is 0 Å². The predicted octanol–water partition coefficient (Wildman–Crippen LogP) is 9.08. The van der Waals surface area contributed by atoms with Crippen LogP contribution in [0.1, 0.15) is 102 Å². The van der Waals surface area contributed by atoms with Crippen molar-refractivity contribution in [1.29, 1.82) is 0 Å². The Bertz CT molecular complexity index is 1670. The Kier molecular flexibility index (Phi) is 11.1. The number of ketones is 2. The first-order valence-electron chi connectivity index (χ1n) is 16.8. The van der Waals surface area contributed by atoms with Crippen molar-refractivity contribution in [2.24, 2.45) is 0 Å². The van der Waals surface area contributed by atoms with Crippen molar-refractivity contribution in [3.63, 3.8) is 0 Å². The number of hydrogen-bond acceptors (Lipinski definition) is 6. The number of carbonyl (C=O) groups excluding carboxylic acids is 2. The zero-order chi connectivity index (χ0) is 33.4. The molecule has 0 unspecified atom stereocenters. The molecule has 1 saturated heterocycles. The molecule has 2 heterocycles. The van der Waals surface area contributed by atoms with Crippen molar-refractivity contribution in [2.75, 3.05) is 19.6 Å². The maximum absolute atomic E-state index is 13.6. The van der Waals surface area contributed by atoms with E-state index in [-0.39, 0.29) is 22.7 Å². The fraction of sp³-hybridized carbons (Fsp3) is 0.375. The van der Waals surface area contributed by atoms with Crippen LogP contribution in [0.3, 0.4) is 0 Å². The van der Waals surface area contributed by atoms with Gasteiger partial charge in [0.1, 0.15) is 0 Å². The van der Waals surface area contributed by atoms with Crippen molar-refractivity contribution in [3.05, 3.63) is 129 Å². The van der Waals surface area contributed by atoms with Gasteiger partial charge in [-0.15, -0.1) is 0 Å². The van der Waals surface area contributed by atoms with Gasteiger partial charge in [-0.3, -0.25) is 24.7 Å². The fourth-order valence-corrected chi connectivity index (χ4v) is 7.38. The Morgan fingerprint density at radius 1 is 0.787 bits per heavy atom. The Balaban J connectivity index is 1.14. The highest BCUT2D eigenvalue weighted by molar-refractivity contribution is 6.11. The number of benzene rings is 3. The van der Waals surface area contributed by atoms with Crippen LogP contribution in [0, 0.1) is 24.0 Å². The first kappa shape index (κ1) is 33.9. The quantitative estimate of drug-likeness (QED) is 0.0596. The molecule has 1 aliphatic rings. The number of Topliss-reactive ketones (excluding diaryl/α,β-unsaturated/α-hetero) is 2. The fourth-order valence-electron chi connectivity index (χ4n) is 7.38. The van der Waals surface area contributed by atoms with E-state index in [1.165, 1.54) is 30.2 Å². The molecule has 47 heavy (non-hydrogen) atoms. The normalized spacial score (nSPS) is 14.5. The summed E-state index contributed by atoms with van der Waals surface area (Å²) >= 11 is 0. The third kappa shape index (κ3) is 7.74. The van der Waals surface area contributed by atoms with Crippen LogP contribution in [0.2, 0.25) is 0 Å². The third-order valence-corrected chi connectivity index (χ3v) is 9.78. The minimum Gasteiger partial charge on any atom is -0.303 e. The van der Waals surface area contributed by atoms with E-state index in [2.05, 4.69) is 70.5 Å².